The Morgan fingerprint density at radius 1 is 1.03 bits per heavy atom. The van der Waals surface area contributed by atoms with Crippen LogP contribution in [0.4, 0.5) is 26.3 Å². The largest absolute Gasteiger partial charge is 0.435 e. The van der Waals surface area contributed by atoms with E-state index < -0.39 is 29.3 Å². The van der Waals surface area contributed by atoms with Crippen molar-refractivity contribution in [2.75, 3.05) is 5.75 Å². The van der Waals surface area contributed by atoms with Crippen LogP contribution in [-0.2, 0) is 26.4 Å². The summed E-state index contributed by atoms with van der Waals surface area (Å²) in [5.74, 6) is 0.708. The molecule has 180 valence electrons. The molecule has 0 aliphatic heterocycles. The molecule has 0 aliphatic rings. The highest BCUT2D eigenvalue weighted by Crippen LogP contribution is 2.34. The molecule has 0 aromatic carbocycles. The number of pyridine rings is 2. The highest BCUT2D eigenvalue weighted by molar-refractivity contribution is 7.99. The van der Waals surface area contributed by atoms with Gasteiger partial charge < -0.3 is 9.13 Å². The fourth-order valence-electron chi connectivity index (χ4n) is 3.46. The van der Waals surface area contributed by atoms with Crippen molar-refractivity contribution in [1.82, 2.24) is 28.9 Å². The van der Waals surface area contributed by atoms with Gasteiger partial charge in [-0.15, -0.1) is 11.8 Å². The van der Waals surface area contributed by atoms with Gasteiger partial charge >= 0.3 is 12.4 Å². The lowest BCUT2D eigenvalue weighted by atomic mass is 10.3. The molecule has 0 unspecified atom stereocenters. The van der Waals surface area contributed by atoms with E-state index in [1.54, 1.807) is 6.07 Å². The van der Waals surface area contributed by atoms with E-state index in [0.717, 1.165) is 30.1 Å². The van der Waals surface area contributed by atoms with Crippen LogP contribution in [0, 0.1) is 0 Å². The van der Waals surface area contributed by atoms with Crippen LogP contribution in [0.25, 0.3) is 28.2 Å². The van der Waals surface area contributed by atoms with E-state index in [9.17, 15) is 31.1 Å². The summed E-state index contributed by atoms with van der Waals surface area (Å²) < 4.78 is 81.7. The lowest BCUT2D eigenvalue weighted by Gasteiger charge is -2.12. The van der Waals surface area contributed by atoms with Crippen molar-refractivity contribution < 1.29 is 26.3 Å². The predicted molar refractivity (Wildman–Crippen MR) is 113 cm³/mol. The molecule has 7 nitrogen and oxygen atoms in total. The zero-order valence-corrected chi connectivity index (χ0v) is 18.7. The van der Waals surface area contributed by atoms with E-state index in [0.29, 0.717) is 15.2 Å². The first kappa shape index (κ1) is 23.9. The second-order valence-electron chi connectivity index (χ2n) is 7.24. The Morgan fingerprint density at radius 3 is 2.32 bits per heavy atom. The van der Waals surface area contributed by atoms with Crippen LogP contribution < -0.4 is 5.56 Å². The number of rotatable bonds is 4. The molecule has 0 N–H and O–H groups in total. The summed E-state index contributed by atoms with van der Waals surface area (Å²) in [7, 11) is 2.51. The molecule has 4 aromatic heterocycles. The summed E-state index contributed by atoms with van der Waals surface area (Å²) >= 11 is 1.31. The van der Waals surface area contributed by atoms with Gasteiger partial charge in [0.15, 0.2) is 11.5 Å². The number of hydrogen-bond acceptors (Lipinski definition) is 5. The van der Waals surface area contributed by atoms with Crippen molar-refractivity contribution in [3.63, 3.8) is 0 Å². The molecule has 0 radical (unpaired) electrons. The summed E-state index contributed by atoms with van der Waals surface area (Å²) in [6.07, 6.45) is -6.92. The molecule has 0 amide bonds. The molecule has 0 atom stereocenters. The zero-order valence-electron chi connectivity index (χ0n) is 17.9. The van der Waals surface area contributed by atoms with E-state index >= 15 is 0 Å². The molecule has 0 aliphatic carbocycles. The van der Waals surface area contributed by atoms with Gasteiger partial charge in [0.25, 0.3) is 5.56 Å². The highest BCUT2D eigenvalue weighted by atomic mass is 32.2. The zero-order chi connectivity index (χ0) is 25.0. The maximum absolute atomic E-state index is 13.3. The molecular formula is C20H16F6N6OS. The Bertz CT molecular complexity index is 1450. The number of imidazole rings is 1. The second kappa shape index (κ2) is 8.18. The van der Waals surface area contributed by atoms with Gasteiger partial charge in [-0.1, -0.05) is 6.92 Å². The van der Waals surface area contributed by atoms with E-state index in [2.05, 4.69) is 15.1 Å². The normalized spacial score (nSPS) is 12.6. The Labute approximate surface area is 192 Å². The molecule has 14 heteroatoms. The first-order chi connectivity index (χ1) is 15.8. The predicted octanol–water partition coefficient (Wildman–Crippen LogP) is 4.67. The monoisotopic (exact) mass is 502 g/mol. The maximum atomic E-state index is 13.3. The fourth-order valence-corrected chi connectivity index (χ4v) is 4.26. The Kier molecular flexibility index (Phi) is 5.74. The van der Waals surface area contributed by atoms with Crippen LogP contribution in [0.1, 0.15) is 18.3 Å². The maximum Gasteiger partial charge on any atom is 0.435 e. The summed E-state index contributed by atoms with van der Waals surface area (Å²) in [5.41, 5.74) is -2.73. The van der Waals surface area contributed by atoms with Crippen molar-refractivity contribution in [1.29, 1.82) is 0 Å². The van der Waals surface area contributed by atoms with Crippen LogP contribution in [0.2, 0.25) is 0 Å². The van der Waals surface area contributed by atoms with Crippen molar-refractivity contribution in [2.24, 2.45) is 14.1 Å². The number of halogens is 6. The SMILES string of the molecule is CCSc1cc(-n2ccc(C(F)(F)F)n2)cnc1-c1nc2cc(C(F)(F)F)n(C)c(=O)c2n1C. The van der Waals surface area contributed by atoms with Gasteiger partial charge in [-0.05, 0) is 24.0 Å². The van der Waals surface area contributed by atoms with Crippen molar-refractivity contribution in [3.8, 4) is 17.2 Å². The average Bonchev–Trinajstić information content (AvgIpc) is 3.36. The summed E-state index contributed by atoms with van der Waals surface area (Å²) in [5, 5.41) is 3.53. The first-order valence-electron chi connectivity index (χ1n) is 9.73. The van der Waals surface area contributed by atoms with Gasteiger partial charge in [0.1, 0.15) is 16.9 Å². The average molecular weight is 502 g/mol. The minimum absolute atomic E-state index is 0.0364. The van der Waals surface area contributed by atoms with Crippen LogP contribution in [0.5, 0.6) is 0 Å². The highest BCUT2D eigenvalue weighted by Gasteiger charge is 2.35. The number of aryl methyl sites for hydroxylation is 1. The Morgan fingerprint density at radius 2 is 1.74 bits per heavy atom. The number of alkyl halides is 6. The van der Waals surface area contributed by atoms with Crippen molar-refractivity contribution in [3.05, 3.63) is 52.3 Å². The van der Waals surface area contributed by atoms with Crippen LogP contribution >= 0.6 is 11.8 Å². The number of nitrogens with zero attached hydrogens (tertiary/aromatic N) is 6. The van der Waals surface area contributed by atoms with Crippen LogP contribution in [0.15, 0.2) is 40.3 Å². The molecule has 4 heterocycles. The van der Waals surface area contributed by atoms with Gasteiger partial charge in [-0.3, -0.25) is 4.79 Å². The van der Waals surface area contributed by atoms with Crippen LogP contribution in [0.3, 0.4) is 0 Å². The van der Waals surface area contributed by atoms with Crippen LogP contribution in [-0.4, -0.2) is 34.6 Å². The third kappa shape index (κ3) is 4.06. The van der Waals surface area contributed by atoms with Crippen molar-refractivity contribution >= 4 is 22.8 Å². The summed E-state index contributed by atoms with van der Waals surface area (Å²) in [4.78, 5) is 21.7. The summed E-state index contributed by atoms with van der Waals surface area (Å²) in [6.45, 7) is 1.84. The first-order valence-corrected chi connectivity index (χ1v) is 10.7. The molecule has 0 saturated carbocycles. The molecule has 4 rings (SSSR count). The van der Waals surface area contributed by atoms with E-state index in [-0.39, 0.29) is 28.2 Å². The smallest absolute Gasteiger partial charge is 0.321 e. The lowest BCUT2D eigenvalue weighted by Crippen LogP contribution is -2.26. The molecule has 0 fully saturated rings. The van der Waals surface area contributed by atoms with Gasteiger partial charge in [-0.25, -0.2) is 14.6 Å². The number of thioether (sulfide) groups is 1. The van der Waals surface area contributed by atoms with Gasteiger partial charge in [0, 0.05) is 25.2 Å². The number of aromatic nitrogens is 6. The van der Waals surface area contributed by atoms with Gasteiger partial charge in [0.2, 0.25) is 0 Å². The number of hydrogen-bond donors (Lipinski definition) is 0. The third-order valence-corrected chi connectivity index (χ3v) is 5.96. The second-order valence-corrected chi connectivity index (χ2v) is 8.54. The van der Waals surface area contributed by atoms with E-state index in [1.807, 2.05) is 6.92 Å². The standard InChI is InChI=1S/C20H16F6N6OS/c1-4-34-12-7-10(32-6-5-13(29-32)19(21,22)23)9-27-15(12)17-28-11-8-14(20(24,25)26)30(2)18(33)16(11)31(17)3/h5-9H,4H2,1-3H3. The van der Waals surface area contributed by atoms with Crippen molar-refractivity contribution in [2.45, 2.75) is 24.2 Å². The Balaban J connectivity index is 1.88. The molecule has 0 spiro atoms. The lowest BCUT2D eigenvalue weighted by molar-refractivity contribution is -0.143. The topological polar surface area (TPSA) is 70.5 Å². The minimum Gasteiger partial charge on any atom is -0.321 e. The quantitative estimate of drug-likeness (QED) is 0.300. The van der Waals surface area contributed by atoms with Gasteiger partial charge in [0.05, 0.1) is 17.4 Å². The minimum atomic E-state index is -4.75. The van der Waals surface area contributed by atoms with E-state index in [1.165, 1.54) is 29.6 Å². The summed E-state index contributed by atoms with van der Waals surface area (Å²) in [6, 6.07) is 3.19. The van der Waals surface area contributed by atoms with E-state index in [4.69, 9.17) is 0 Å². The molecule has 34 heavy (non-hydrogen) atoms. The number of fused-ring (bicyclic) bond motifs is 1. The molecule has 0 bridgehead atoms. The fraction of sp³-hybridized carbons (Fsp3) is 0.300. The molecular weight excluding hydrogens is 486 g/mol. The molecule has 4 aromatic rings. The molecule has 0 saturated heterocycles. The third-order valence-electron chi connectivity index (χ3n) is 5.05. The Hall–Kier alpha value is -3.29. The van der Waals surface area contributed by atoms with Gasteiger partial charge in [-0.2, -0.15) is 31.4 Å².